The molecule has 0 aliphatic heterocycles. The van der Waals surface area contributed by atoms with Crippen LogP contribution in [0.3, 0.4) is 0 Å². The summed E-state index contributed by atoms with van der Waals surface area (Å²) in [5.74, 6) is 0.372. The van der Waals surface area contributed by atoms with Crippen LogP contribution in [-0.4, -0.2) is 19.0 Å². The molecule has 0 amide bonds. The fourth-order valence-electron chi connectivity index (χ4n) is 1.53. The molecule has 0 saturated heterocycles. The summed E-state index contributed by atoms with van der Waals surface area (Å²) in [6.45, 7) is 0. The monoisotopic (exact) mass is 156 g/mol. The minimum Gasteiger partial charge on any atom is -0.381 e. The zero-order valence-electron chi connectivity index (χ0n) is 7.14. The summed E-state index contributed by atoms with van der Waals surface area (Å²) in [7, 11) is 1.69. The summed E-state index contributed by atoms with van der Waals surface area (Å²) in [6.07, 6.45) is 6.13. The van der Waals surface area contributed by atoms with Crippen molar-refractivity contribution in [2.45, 2.75) is 44.6 Å². The highest BCUT2D eigenvalue weighted by atomic mass is 16.5. The van der Waals surface area contributed by atoms with Crippen LogP contribution in [0.4, 0.5) is 0 Å². The van der Waals surface area contributed by atoms with Crippen molar-refractivity contribution in [3.05, 3.63) is 0 Å². The van der Waals surface area contributed by atoms with Crippen LogP contribution in [0, 0.1) is 0 Å². The number of ether oxygens (including phenoxy) is 1. The normalized spacial score (nSPS) is 27.7. The van der Waals surface area contributed by atoms with Gasteiger partial charge in [-0.05, 0) is 12.8 Å². The first-order valence-electron chi connectivity index (χ1n) is 4.37. The van der Waals surface area contributed by atoms with Gasteiger partial charge >= 0.3 is 0 Å². The molecule has 0 spiro atoms. The number of hydrogen-bond acceptors (Lipinski definition) is 2. The van der Waals surface area contributed by atoms with Gasteiger partial charge in [-0.25, -0.2) is 0 Å². The van der Waals surface area contributed by atoms with Gasteiger partial charge in [-0.3, -0.25) is 4.79 Å². The third-order valence-corrected chi connectivity index (χ3v) is 2.27. The molecule has 0 aromatic carbocycles. The molecule has 0 aromatic rings. The van der Waals surface area contributed by atoms with E-state index in [1.54, 1.807) is 7.11 Å². The molecule has 1 unspecified atom stereocenters. The van der Waals surface area contributed by atoms with E-state index < -0.39 is 0 Å². The van der Waals surface area contributed by atoms with Gasteiger partial charge in [0, 0.05) is 20.0 Å². The Labute approximate surface area is 67.9 Å². The van der Waals surface area contributed by atoms with Crippen molar-refractivity contribution >= 4 is 5.78 Å². The van der Waals surface area contributed by atoms with E-state index in [4.69, 9.17) is 4.74 Å². The van der Waals surface area contributed by atoms with Crippen LogP contribution in [0.2, 0.25) is 0 Å². The fraction of sp³-hybridized carbons (Fsp3) is 0.889. The molecule has 2 nitrogen and oxygen atoms in total. The van der Waals surface area contributed by atoms with E-state index in [1.807, 2.05) is 0 Å². The summed E-state index contributed by atoms with van der Waals surface area (Å²) in [4.78, 5) is 11.1. The van der Waals surface area contributed by atoms with Crippen LogP contribution in [0.5, 0.6) is 0 Å². The highest BCUT2D eigenvalue weighted by Gasteiger charge is 2.14. The number of carbonyl (C=O) groups is 1. The van der Waals surface area contributed by atoms with Crippen molar-refractivity contribution in [1.29, 1.82) is 0 Å². The van der Waals surface area contributed by atoms with E-state index in [1.165, 1.54) is 12.8 Å². The molecule has 0 N–H and O–H groups in total. The molecule has 1 aliphatic carbocycles. The molecule has 1 rings (SSSR count). The van der Waals surface area contributed by atoms with Crippen LogP contribution in [-0.2, 0) is 9.53 Å². The zero-order chi connectivity index (χ0) is 8.10. The zero-order valence-corrected chi connectivity index (χ0v) is 7.14. The Morgan fingerprint density at radius 2 is 2.18 bits per heavy atom. The second-order valence-corrected chi connectivity index (χ2v) is 3.20. The molecule has 2 heteroatoms. The molecule has 0 heterocycles. The smallest absolute Gasteiger partial charge is 0.135 e. The maximum atomic E-state index is 11.1. The van der Waals surface area contributed by atoms with Gasteiger partial charge in [0.2, 0.25) is 0 Å². The average Bonchev–Trinajstić information content (AvgIpc) is 1.96. The third-order valence-electron chi connectivity index (χ3n) is 2.27. The summed E-state index contributed by atoms with van der Waals surface area (Å²) in [6, 6.07) is 0. The molecule has 1 fully saturated rings. The highest BCUT2D eigenvalue weighted by molar-refractivity contribution is 5.78. The average molecular weight is 156 g/mol. The van der Waals surface area contributed by atoms with Crippen molar-refractivity contribution in [2.24, 2.45) is 0 Å². The number of carbonyl (C=O) groups excluding carboxylic acids is 1. The van der Waals surface area contributed by atoms with Crippen molar-refractivity contribution in [3.63, 3.8) is 0 Å². The van der Waals surface area contributed by atoms with E-state index in [2.05, 4.69) is 0 Å². The van der Waals surface area contributed by atoms with Crippen LogP contribution in [0.25, 0.3) is 0 Å². The molecule has 64 valence electrons. The first kappa shape index (κ1) is 8.72. The molecular weight excluding hydrogens is 140 g/mol. The first-order valence-corrected chi connectivity index (χ1v) is 4.37. The Balaban J connectivity index is 2.35. The minimum absolute atomic E-state index is 0.197. The summed E-state index contributed by atoms with van der Waals surface area (Å²) in [5.41, 5.74) is 0. The maximum Gasteiger partial charge on any atom is 0.135 e. The molecule has 11 heavy (non-hydrogen) atoms. The summed E-state index contributed by atoms with van der Waals surface area (Å²) < 4.78 is 5.18. The van der Waals surface area contributed by atoms with Gasteiger partial charge < -0.3 is 4.74 Å². The van der Waals surface area contributed by atoms with E-state index in [0.29, 0.717) is 12.2 Å². The number of methoxy groups -OCH3 is 1. The van der Waals surface area contributed by atoms with Crippen molar-refractivity contribution < 1.29 is 9.53 Å². The quantitative estimate of drug-likeness (QED) is 0.579. The lowest BCUT2D eigenvalue weighted by molar-refractivity contribution is -0.122. The topological polar surface area (TPSA) is 26.3 Å². The molecule has 1 saturated carbocycles. The van der Waals surface area contributed by atoms with Crippen molar-refractivity contribution in [1.82, 2.24) is 0 Å². The lowest BCUT2D eigenvalue weighted by Gasteiger charge is -2.16. The van der Waals surface area contributed by atoms with Crippen LogP contribution < -0.4 is 0 Å². The van der Waals surface area contributed by atoms with Crippen molar-refractivity contribution in [2.75, 3.05) is 7.11 Å². The van der Waals surface area contributed by atoms with E-state index >= 15 is 0 Å². The Morgan fingerprint density at radius 3 is 2.91 bits per heavy atom. The van der Waals surface area contributed by atoms with Gasteiger partial charge in [0.05, 0.1) is 6.10 Å². The Bertz CT molecular complexity index is 132. The third kappa shape index (κ3) is 3.02. The van der Waals surface area contributed by atoms with Gasteiger partial charge in [-0.15, -0.1) is 0 Å². The number of hydrogen-bond donors (Lipinski definition) is 0. The molecule has 1 aliphatic rings. The molecule has 1 atom stereocenters. The van der Waals surface area contributed by atoms with Gasteiger partial charge in [-0.2, -0.15) is 0 Å². The molecule has 0 bridgehead atoms. The Morgan fingerprint density at radius 1 is 1.36 bits per heavy atom. The lowest BCUT2D eigenvalue weighted by Crippen LogP contribution is -2.17. The predicted molar refractivity (Wildman–Crippen MR) is 43.5 cm³/mol. The first-order chi connectivity index (χ1) is 5.33. The van der Waals surface area contributed by atoms with Crippen LogP contribution >= 0.6 is 0 Å². The van der Waals surface area contributed by atoms with Crippen LogP contribution in [0.1, 0.15) is 38.5 Å². The Hall–Kier alpha value is -0.370. The largest absolute Gasteiger partial charge is 0.381 e. The van der Waals surface area contributed by atoms with Crippen LogP contribution in [0.15, 0.2) is 0 Å². The summed E-state index contributed by atoms with van der Waals surface area (Å²) >= 11 is 0. The Kier molecular flexibility index (Phi) is 3.57. The maximum absolute atomic E-state index is 11.1. The second-order valence-electron chi connectivity index (χ2n) is 3.20. The van der Waals surface area contributed by atoms with E-state index in [-0.39, 0.29) is 6.10 Å². The van der Waals surface area contributed by atoms with Gasteiger partial charge in [0.15, 0.2) is 0 Å². The SMILES string of the molecule is COC1CCCCCC(=O)C1. The lowest BCUT2D eigenvalue weighted by atomic mass is 9.98. The number of ketones is 1. The van der Waals surface area contributed by atoms with Gasteiger partial charge in [0.1, 0.15) is 5.78 Å². The predicted octanol–water partition coefficient (Wildman–Crippen LogP) is 1.92. The standard InChI is InChI=1S/C9H16O2/c1-11-9-6-4-2-3-5-8(10)7-9/h9H,2-7H2,1H3. The van der Waals surface area contributed by atoms with E-state index in [9.17, 15) is 4.79 Å². The molecule has 0 radical (unpaired) electrons. The van der Waals surface area contributed by atoms with Crippen molar-refractivity contribution in [3.8, 4) is 0 Å². The van der Waals surface area contributed by atoms with Gasteiger partial charge in [-0.1, -0.05) is 12.8 Å². The minimum atomic E-state index is 0.197. The van der Waals surface area contributed by atoms with Gasteiger partial charge in [0.25, 0.3) is 0 Å². The molecule has 0 aromatic heterocycles. The fourth-order valence-corrected chi connectivity index (χ4v) is 1.53. The number of rotatable bonds is 1. The van der Waals surface area contributed by atoms with E-state index in [0.717, 1.165) is 19.3 Å². The number of Topliss-reactive ketones (excluding diaryl/α,β-unsaturated/α-hetero) is 1. The second kappa shape index (κ2) is 4.50. The summed E-state index contributed by atoms with van der Waals surface area (Å²) in [5, 5.41) is 0. The molecular formula is C9H16O2. The highest BCUT2D eigenvalue weighted by Crippen LogP contribution is 2.16.